The van der Waals surface area contributed by atoms with Crippen molar-refractivity contribution in [3.63, 3.8) is 0 Å². The van der Waals surface area contributed by atoms with Gasteiger partial charge in [0.2, 0.25) is 0 Å². The van der Waals surface area contributed by atoms with Crippen LogP contribution < -0.4 is 5.56 Å². The van der Waals surface area contributed by atoms with Gasteiger partial charge in [-0.05, 0) is 39.2 Å². The predicted octanol–water partition coefficient (Wildman–Crippen LogP) is 2.97. The number of carbonyl (C=O) groups is 1. The molecule has 3 heterocycles. The maximum atomic E-state index is 12.3. The number of carbonyl (C=O) groups excluding carboxylic acids is 1. The molecule has 0 N–H and O–H groups in total. The molecular formula is C16H21BrN2O3. The topological polar surface area (TPSA) is 51.5 Å². The number of likely N-dealkylation sites (tertiary alicyclic amines) is 1. The summed E-state index contributed by atoms with van der Waals surface area (Å²) in [6.45, 7) is 7.58. The Labute approximate surface area is 138 Å². The number of fused-ring (bicyclic) bond motifs is 4. The lowest BCUT2D eigenvalue weighted by molar-refractivity contribution is 0.0102. The summed E-state index contributed by atoms with van der Waals surface area (Å²) in [5, 5.41) is 0. The molecule has 1 aromatic rings. The standard InChI is InChI=1S/C16H21BrN2O3/c1-16(2,3)22-15(21)18-7-10-4-11(9-18)13-5-12(17)6-14(20)19(13)8-10/h5-6,10-11H,4,7-9H2,1-3H3/t10?,11-/m0/s1. The first-order valence-corrected chi connectivity index (χ1v) is 8.40. The summed E-state index contributed by atoms with van der Waals surface area (Å²) in [5.41, 5.74) is 0.565. The number of hydrogen-bond acceptors (Lipinski definition) is 3. The summed E-state index contributed by atoms with van der Waals surface area (Å²) in [6, 6.07) is 3.61. The van der Waals surface area contributed by atoms with E-state index in [1.165, 1.54) is 0 Å². The number of nitrogens with zero attached hydrogens (tertiary/aromatic N) is 2. The van der Waals surface area contributed by atoms with Crippen molar-refractivity contribution in [2.75, 3.05) is 13.1 Å². The number of ether oxygens (including phenoxy) is 1. The molecule has 0 saturated carbocycles. The van der Waals surface area contributed by atoms with Gasteiger partial charge in [0, 0.05) is 41.8 Å². The van der Waals surface area contributed by atoms with Crippen molar-refractivity contribution in [1.82, 2.24) is 9.47 Å². The van der Waals surface area contributed by atoms with Gasteiger partial charge in [-0.25, -0.2) is 4.79 Å². The van der Waals surface area contributed by atoms with Crippen LogP contribution in [-0.2, 0) is 11.3 Å². The quantitative estimate of drug-likeness (QED) is 0.707. The van der Waals surface area contributed by atoms with Gasteiger partial charge in [-0.1, -0.05) is 15.9 Å². The zero-order valence-corrected chi connectivity index (χ0v) is 14.7. The van der Waals surface area contributed by atoms with Gasteiger partial charge in [0.05, 0.1) is 0 Å². The van der Waals surface area contributed by atoms with E-state index >= 15 is 0 Å². The van der Waals surface area contributed by atoms with Gasteiger partial charge in [-0.2, -0.15) is 0 Å². The van der Waals surface area contributed by atoms with Crippen LogP contribution in [0.25, 0.3) is 0 Å². The van der Waals surface area contributed by atoms with Gasteiger partial charge >= 0.3 is 6.09 Å². The second-order valence-corrected chi connectivity index (χ2v) is 8.15. The van der Waals surface area contributed by atoms with E-state index < -0.39 is 5.60 Å². The van der Waals surface area contributed by atoms with Crippen molar-refractivity contribution < 1.29 is 9.53 Å². The predicted molar refractivity (Wildman–Crippen MR) is 87.1 cm³/mol. The van der Waals surface area contributed by atoms with Crippen molar-refractivity contribution in [3.05, 3.63) is 32.7 Å². The first-order chi connectivity index (χ1) is 10.2. The fourth-order valence-corrected chi connectivity index (χ4v) is 3.83. The van der Waals surface area contributed by atoms with Crippen LogP contribution in [0.2, 0.25) is 0 Å². The summed E-state index contributed by atoms with van der Waals surface area (Å²) < 4.78 is 8.15. The van der Waals surface area contributed by atoms with E-state index in [9.17, 15) is 9.59 Å². The summed E-state index contributed by atoms with van der Waals surface area (Å²) in [7, 11) is 0. The van der Waals surface area contributed by atoms with E-state index in [2.05, 4.69) is 15.9 Å². The van der Waals surface area contributed by atoms with E-state index in [1.807, 2.05) is 31.4 Å². The third-order valence-corrected chi connectivity index (χ3v) is 4.63. The van der Waals surface area contributed by atoms with E-state index in [1.54, 1.807) is 11.0 Å². The van der Waals surface area contributed by atoms with Crippen molar-refractivity contribution in [2.24, 2.45) is 5.92 Å². The number of piperidine rings is 1. The number of aromatic nitrogens is 1. The molecule has 0 aromatic carbocycles. The molecule has 2 atom stereocenters. The Balaban J connectivity index is 1.85. The molecule has 2 aliphatic rings. The van der Waals surface area contributed by atoms with Crippen molar-refractivity contribution in [3.8, 4) is 0 Å². The second kappa shape index (κ2) is 5.41. The van der Waals surface area contributed by atoms with Crippen LogP contribution in [-0.4, -0.2) is 34.3 Å². The Bertz CT molecular complexity index is 662. The SMILES string of the molecule is CC(C)(C)OC(=O)N1CC2C[C@@H](C1)c1cc(Br)cc(=O)n1C2. The molecular weight excluding hydrogens is 348 g/mol. The average molecular weight is 369 g/mol. The van der Waals surface area contributed by atoms with Crippen molar-refractivity contribution in [1.29, 1.82) is 0 Å². The second-order valence-electron chi connectivity index (χ2n) is 7.23. The highest BCUT2D eigenvalue weighted by Gasteiger charge is 2.37. The van der Waals surface area contributed by atoms with Gasteiger partial charge < -0.3 is 14.2 Å². The first-order valence-electron chi connectivity index (χ1n) is 7.61. The number of amides is 1. The van der Waals surface area contributed by atoms with E-state index in [-0.39, 0.29) is 17.6 Å². The van der Waals surface area contributed by atoms with Crippen LogP contribution in [0.3, 0.4) is 0 Å². The fraction of sp³-hybridized carbons (Fsp3) is 0.625. The third-order valence-electron chi connectivity index (χ3n) is 4.17. The highest BCUT2D eigenvalue weighted by molar-refractivity contribution is 9.10. The Morgan fingerprint density at radius 3 is 2.68 bits per heavy atom. The Morgan fingerprint density at radius 1 is 1.27 bits per heavy atom. The third kappa shape index (κ3) is 3.07. The lowest BCUT2D eigenvalue weighted by Crippen LogP contribution is -2.50. The van der Waals surface area contributed by atoms with Crippen LogP contribution in [0.4, 0.5) is 4.79 Å². The number of halogens is 1. The van der Waals surface area contributed by atoms with E-state index in [0.29, 0.717) is 25.6 Å². The van der Waals surface area contributed by atoms with E-state index in [4.69, 9.17) is 4.74 Å². The lowest BCUT2D eigenvalue weighted by atomic mass is 9.83. The van der Waals surface area contributed by atoms with E-state index in [0.717, 1.165) is 16.6 Å². The van der Waals surface area contributed by atoms with Gasteiger partial charge in [0.25, 0.3) is 5.56 Å². The largest absolute Gasteiger partial charge is 0.444 e. The summed E-state index contributed by atoms with van der Waals surface area (Å²) in [5.74, 6) is 0.517. The minimum absolute atomic E-state index is 0.0322. The molecule has 1 fully saturated rings. The minimum Gasteiger partial charge on any atom is -0.444 e. The van der Waals surface area contributed by atoms with Crippen LogP contribution in [0.15, 0.2) is 21.4 Å². The highest BCUT2D eigenvalue weighted by Crippen LogP contribution is 2.36. The smallest absolute Gasteiger partial charge is 0.410 e. The zero-order chi connectivity index (χ0) is 16.1. The molecule has 5 nitrogen and oxygen atoms in total. The van der Waals surface area contributed by atoms with Crippen LogP contribution in [0.1, 0.15) is 38.8 Å². The molecule has 3 rings (SSSR count). The Morgan fingerprint density at radius 2 is 2.00 bits per heavy atom. The molecule has 2 aliphatic heterocycles. The summed E-state index contributed by atoms with van der Waals surface area (Å²) >= 11 is 3.40. The molecule has 1 unspecified atom stereocenters. The minimum atomic E-state index is -0.485. The molecule has 0 radical (unpaired) electrons. The van der Waals surface area contributed by atoms with Crippen LogP contribution in [0.5, 0.6) is 0 Å². The van der Waals surface area contributed by atoms with Crippen molar-refractivity contribution >= 4 is 22.0 Å². The molecule has 0 aliphatic carbocycles. The van der Waals surface area contributed by atoms with Gasteiger partial charge in [-0.15, -0.1) is 0 Å². The monoisotopic (exact) mass is 368 g/mol. The maximum absolute atomic E-state index is 12.3. The maximum Gasteiger partial charge on any atom is 0.410 e. The van der Waals surface area contributed by atoms with Gasteiger partial charge in [0.15, 0.2) is 0 Å². The zero-order valence-electron chi connectivity index (χ0n) is 13.1. The average Bonchev–Trinajstić information content (AvgIpc) is 2.38. The fourth-order valence-electron chi connectivity index (χ4n) is 3.40. The first kappa shape index (κ1) is 15.6. The molecule has 1 amide bonds. The van der Waals surface area contributed by atoms with Gasteiger partial charge in [-0.3, -0.25) is 4.79 Å². The molecule has 120 valence electrons. The van der Waals surface area contributed by atoms with Crippen molar-refractivity contribution in [2.45, 2.75) is 45.3 Å². The molecule has 2 bridgehead atoms. The van der Waals surface area contributed by atoms with Gasteiger partial charge in [0.1, 0.15) is 5.60 Å². The Kier molecular flexibility index (Phi) is 3.83. The molecule has 1 aromatic heterocycles. The summed E-state index contributed by atoms with van der Waals surface area (Å²) in [4.78, 5) is 26.3. The lowest BCUT2D eigenvalue weighted by Gasteiger charge is -2.42. The summed E-state index contributed by atoms with van der Waals surface area (Å²) in [6.07, 6.45) is 0.767. The highest BCUT2D eigenvalue weighted by atomic mass is 79.9. The normalized spacial score (nSPS) is 23.9. The molecule has 6 heteroatoms. The Hall–Kier alpha value is -1.30. The molecule has 22 heavy (non-hydrogen) atoms. The number of rotatable bonds is 0. The van der Waals surface area contributed by atoms with Crippen LogP contribution >= 0.6 is 15.9 Å². The number of hydrogen-bond donors (Lipinski definition) is 0. The molecule has 1 saturated heterocycles. The molecule has 0 spiro atoms. The van der Waals surface area contributed by atoms with Crippen LogP contribution in [0, 0.1) is 5.92 Å². The number of pyridine rings is 1.